The Morgan fingerprint density at radius 3 is 2.71 bits per heavy atom. The Labute approximate surface area is 130 Å². The summed E-state index contributed by atoms with van der Waals surface area (Å²) in [4.78, 5) is 0. The molecule has 1 N–H and O–H groups in total. The zero-order valence-corrected chi connectivity index (χ0v) is 14.1. The number of nitrogens with one attached hydrogen (secondary N) is 1. The van der Waals surface area contributed by atoms with Crippen LogP contribution in [-0.4, -0.2) is 19.2 Å². The summed E-state index contributed by atoms with van der Waals surface area (Å²) >= 11 is 0. The molecule has 2 unspecified atom stereocenters. The summed E-state index contributed by atoms with van der Waals surface area (Å²) in [5, 5.41) is 3.67. The second-order valence-electron chi connectivity index (χ2n) is 6.85. The minimum Gasteiger partial charge on any atom is -0.492 e. The molecule has 1 aromatic rings. The molecule has 2 heteroatoms. The van der Waals surface area contributed by atoms with Crippen molar-refractivity contribution in [2.24, 2.45) is 5.92 Å². The Kier molecular flexibility index (Phi) is 6.10. The Morgan fingerprint density at radius 2 is 2.00 bits per heavy atom. The molecular weight excluding hydrogens is 258 g/mol. The van der Waals surface area contributed by atoms with Crippen LogP contribution in [0.1, 0.15) is 63.5 Å². The van der Waals surface area contributed by atoms with Crippen molar-refractivity contribution in [3.63, 3.8) is 0 Å². The second kappa shape index (κ2) is 7.84. The average Bonchev–Trinajstić information content (AvgIpc) is 2.46. The molecule has 0 saturated heterocycles. The molecule has 1 fully saturated rings. The molecule has 1 aromatic carbocycles. The van der Waals surface area contributed by atoms with Gasteiger partial charge < -0.3 is 10.1 Å². The Balaban J connectivity index is 1.79. The highest BCUT2D eigenvalue weighted by Crippen LogP contribution is 2.25. The number of aryl methyl sites for hydroxylation is 1. The fourth-order valence-corrected chi connectivity index (χ4v) is 3.16. The molecular formula is C19H31NO. The van der Waals surface area contributed by atoms with Crippen LogP contribution in [0, 0.1) is 12.8 Å². The van der Waals surface area contributed by atoms with E-state index in [1.807, 2.05) is 0 Å². The van der Waals surface area contributed by atoms with Gasteiger partial charge in [0.05, 0.1) is 0 Å². The van der Waals surface area contributed by atoms with Crippen LogP contribution in [0.25, 0.3) is 0 Å². The summed E-state index contributed by atoms with van der Waals surface area (Å²) in [6.45, 7) is 10.6. The van der Waals surface area contributed by atoms with E-state index in [4.69, 9.17) is 4.74 Å². The van der Waals surface area contributed by atoms with Gasteiger partial charge in [0.25, 0.3) is 0 Å². The molecule has 2 atom stereocenters. The standard InChI is InChI=1S/C19H31NO/c1-14(2)17-10-9-16(4)19(13-17)21-12-11-20-18-8-6-5-7-15(18)3/h9-10,13-15,18,20H,5-8,11-12H2,1-4H3. The first-order valence-electron chi connectivity index (χ1n) is 8.54. The summed E-state index contributed by atoms with van der Waals surface area (Å²) in [7, 11) is 0. The molecule has 0 amide bonds. The van der Waals surface area contributed by atoms with Gasteiger partial charge in [0, 0.05) is 12.6 Å². The van der Waals surface area contributed by atoms with E-state index in [0.717, 1.165) is 24.8 Å². The lowest BCUT2D eigenvalue weighted by molar-refractivity contribution is 0.250. The van der Waals surface area contributed by atoms with E-state index in [-0.39, 0.29) is 0 Å². The number of rotatable bonds is 6. The second-order valence-corrected chi connectivity index (χ2v) is 6.85. The van der Waals surface area contributed by atoms with Gasteiger partial charge in [-0.25, -0.2) is 0 Å². The van der Waals surface area contributed by atoms with E-state index in [1.165, 1.54) is 36.8 Å². The maximum Gasteiger partial charge on any atom is 0.122 e. The van der Waals surface area contributed by atoms with Gasteiger partial charge in [-0.2, -0.15) is 0 Å². The lowest BCUT2D eigenvalue weighted by Gasteiger charge is -2.29. The van der Waals surface area contributed by atoms with Crippen LogP contribution in [0.5, 0.6) is 5.75 Å². The highest BCUT2D eigenvalue weighted by Gasteiger charge is 2.20. The zero-order valence-electron chi connectivity index (χ0n) is 14.1. The van der Waals surface area contributed by atoms with Crippen LogP contribution in [0.2, 0.25) is 0 Å². The molecule has 0 heterocycles. The van der Waals surface area contributed by atoms with E-state index >= 15 is 0 Å². The molecule has 1 aliphatic carbocycles. The number of benzene rings is 1. The topological polar surface area (TPSA) is 21.3 Å². The van der Waals surface area contributed by atoms with E-state index in [9.17, 15) is 0 Å². The largest absolute Gasteiger partial charge is 0.492 e. The zero-order chi connectivity index (χ0) is 15.2. The van der Waals surface area contributed by atoms with Gasteiger partial charge in [0.15, 0.2) is 0 Å². The third-order valence-corrected chi connectivity index (χ3v) is 4.76. The summed E-state index contributed by atoms with van der Waals surface area (Å²) in [5.41, 5.74) is 2.58. The van der Waals surface area contributed by atoms with Crippen LogP contribution in [0.3, 0.4) is 0 Å². The first kappa shape index (κ1) is 16.4. The summed E-state index contributed by atoms with van der Waals surface area (Å²) in [5.74, 6) is 2.40. The van der Waals surface area contributed by atoms with E-state index in [0.29, 0.717) is 12.0 Å². The maximum atomic E-state index is 5.99. The SMILES string of the molecule is Cc1ccc(C(C)C)cc1OCCNC1CCCCC1C. The van der Waals surface area contributed by atoms with Gasteiger partial charge in [-0.15, -0.1) is 0 Å². The highest BCUT2D eigenvalue weighted by atomic mass is 16.5. The Bertz CT molecular complexity index is 441. The highest BCUT2D eigenvalue weighted by molar-refractivity contribution is 5.37. The van der Waals surface area contributed by atoms with Crippen molar-refractivity contribution in [3.8, 4) is 5.75 Å². The molecule has 0 aliphatic heterocycles. The van der Waals surface area contributed by atoms with Crippen molar-refractivity contribution in [2.45, 2.75) is 65.3 Å². The molecule has 1 aliphatic rings. The van der Waals surface area contributed by atoms with Gasteiger partial charge in [0.2, 0.25) is 0 Å². The maximum absolute atomic E-state index is 5.99. The monoisotopic (exact) mass is 289 g/mol. The molecule has 0 radical (unpaired) electrons. The van der Waals surface area contributed by atoms with Crippen LogP contribution in [0.4, 0.5) is 0 Å². The lowest BCUT2D eigenvalue weighted by atomic mass is 9.86. The first-order valence-corrected chi connectivity index (χ1v) is 8.54. The van der Waals surface area contributed by atoms with E-state index < -0.39 is 0 Å². The number of hydrogen-bond donors (Lipinski definition) is 1. The summed E-state index contributed by atoms with van der Waals surface area (Å²) < 4.78 is 5.99. The predicted molar refractivity (Wildman–Crippen MR) is 90.2 cm³/mol. The lowest BCUT2D eigenvalue weighted by Crippen LogP contribution is -2.39. The van der Waals surface area contributed by atoms with Crippen LogP contribution in [-0.2, 0) is 0 Å². The van der Waals surface area contributed by atoms with Gasteiger partial charge in [-0.1, -0.05) is 45.7 Å². The summed E-state index contributed by atoms with van der Waals surface area (Å²) in [6, 6.07) is 7.25. The van der Waals surface area contributed by atoms with Crippen molar-refractivity contribution in [2.75, 3.05) is 13.2 Å². The van der Waals surface area contributed by atoms with Crippen LogP contribution < -0.4 is 10.1 Å². The normalized spacial score (nSPS) is 22.5. The van der Waals surface area contributed by atoms with Crippen molar-refractivity contribution in [1.82, 2.24) is 5.32 Å². The van der Waals surface area contributed by atoms with Crippen LogP contribution in [0.15, 0.2) is 18.2 Å². The van der Waals surface area contributed by atoms with Gasteiger partial charge in [-0.3, -0.25) is 0 Å². The molecule has 118 valence electrons. The van der Waals surface area contributed by atoms with Crippen molar-refractivity contribution in [1.29, 1.82) is 0 Å². The predicted octanol–water partition coefficient (Wildman–Crippen LogP) is 4.67. The minimum atomic E-state index is 0.550. The molecule has 0 bridgehead atoms. The van der Waals surface area contributed by atoms with E-state index in [2.05, 4.69) is 51.2 Å². The molecule has 0 spiro atoms. The van der Waals surface area contributed by atoms with E-state index in [1.54, 1.807) is 0 Å². The molecule has 2 rings (SSSR count). The summed E-state index contributed by atoms with van der Waals surface area (Å²) in [6.07, 6.45) is 5.46. The third kappa shape index (κ3) is 4.74. The fraction of sp³-hybridized carbons (Fsp3) is 0.684. The van der Waals surface area contributed by atoms with Gasteiger partial charge in [0.1, 0.15) is 12.4 Å². The first-order chi connectivity index (χ1) is 10.1. The Morgan fingerprint density at radius 1 is 1.24 bits per heavy atom. The number of ether oxygens (including phenoxy) is 1. The van der Waals surface area contributed by atoms with Crippen LogP contribution >= 0.6 is 0 Å². The van der Waals surface area contributed by atoms with Crippen molar-refractivity contribution < 1.29 is 4.74 Å². The quantitative estimate of drug-likeness (QED) is 0.769. The van der Waals surface area contributed by atoms with Crippen molar-refractivity contribution in [3.05, 3.63) is 29.3 Å². The molecule has 2 nitrogen and oxygen atoms in total. The van der Waals surface area contributed by atoms with Gasteiger partial charge >= 0.3 is 0 Å². The fourth-order valence-electron chi connectivity index (χ4n) is 3.16. The molecule has 0 aromatic heterocycles. The average molecular weight is 289 g/mol. The third-order valence-electron chi connectivity index (χ3n) is 4.76. The minimum absolute atomic E-state index is 0.550. The number of hydrogen-bond acceptors (Lipinski definition) is 2. The Hall–Kier alpha value is -1.02. The smallest absolute Gasteiger partial charge is 0.122 e. The van der Waals surface area contributed by atoms with Crippen molar-refractivity contribution >= 4 is 0 Å². The van der Waals surface area contributed by atoms with Gasteiger partial charge in [-0.05, 0) is 48.8 Å². The molecule has 21 heavy (non-hydrogen) atoms. The molecule has 1 saturated carbocycles.